The molecule has 2 heterocycles. The summed E-state index contributed by atoms with van der Waals surface area (Å²) >= 11 is 0. The lowest BCUT2D eigenvalue weighted by Crippen LogP contribution is -2.61. The summed E-state index contributed by atoms with van der Waals surface area (Å²) in [6.07, 6.45) is -3.08. The van der Waals surface area contributed by atoms with E-state index in [1.807, 2.05) is 13.8 Å². The van der Waals surface area contributed by atoms with Crippen LogP contribution in [-0.4, -0.2) is 60.9 Å². The van der Waals surface area contributed by atoms with Gasteiger partial charge in [-0.2, -0.15) is 0 Å². The molecule has 2 aliphatic carbocycles. The summed E-state index contributed by atoms with van der Waals surface area (Å²) in [5.41, 5.74) is 0. The molecule has 29 heavy (non-hydrogen) atoms. The minimum Gasteiger partial charge on any atom is -0.354 e. The van der Waals surface area contributed by atoms with Crippen molar-refractivity contribution in [2.75, 3.05) is 6.54 Å². The molecule has 4 rings (SSSR count). The number of amides is 1. The van der Waals surface area contributed by atoms with Crippen molar-refractivity contribution in [1.82, 2.24) is 16.0 Å². The number of fused-ring (bicyclic) bond motifs is 2. The van der Waals surface area contributed by atoms with Crippen molar-refractivity contribution in [3.63, 3.8) is 0 Å². The van der Waals surface area contributed by atoms with E-state index in [-0.39, 0.29) is 66.3 Å². The predicted molar refractivity (Wildman–Crippen MR) is 103 cm³/mol. The third-order valence-corrected chi connectivity index (χ3v) is 7.49. The summed E-state index contributed by atoms with van der Waals surface area (Å²) in [6, 6.07) is -0.935. The number of carbonyl (C=O) groups excluding carboxylic acids is 2. The Balaban J connectivity index is 1.47. The van der Waals surface area contributed by atoms with Gasteiger partial charge in [-0.15, -0.1) is 0 Å². The minimum atomic E-state index is -2.08. The zero-order valence-electron chi connectivity index (χ0n) is 17.0. The summed E-state index contributed by atoms with van der Waals surface area (Å²) < 4.78 is 42.1. The standard InChI is InChI=1S/C21H32F3N3O2/c1-9(2)26-21(29)10-4-3-5-14-17(10)16(28)7-15(27-14)12-8-25-20-11(12)6-13(22)18(23)19(20)24/h9-15,17-20,25,27H,3-8H2,1-2H3,(H,26,29). The summed E-state index contributed by atoms with van der Waals surface area (Å²) in [4.78, 5) is 25.7. The first-order chi connectivity index (χ1) is 13.8. The monoisotopic (exact) mass is 415 g/mol. The molecule has 0 aromatic carbocycles. The fourth-order valence-electron chi connectivity index (χ4n) is 6.22. The molecule has 1 amide bonds. The maximum Gasteiger partial charge on any atom is 0.224 e. The first kappa shape index (κ1) is 21.1. The predicted octanol–water partition coefficient (Wildman–Crippen LogP) is 1.85. The Labute approximate surface area is 169 Å². The molecule has 8 heteroatoms. The van der Waals surface area contributed by atoms with Crippen molar-refractivity contribution in [2.24, 2.45) is 23.7 Å². The van der Waals surface area contributed by atoms with Gasteiger partial charge in [0.2, 0.25) is 5.91 Å². The van der Waals surface area contributed by atoms with Gasteiger partial charge in [-0.05, 0) is 44.9 Å². The van der Waals surface area contributed by atoms with Crippen molar-refractivity contribution in [1.29, 1.82) is 0 Å². The average Bonchev–Trinajstić information content (AvgIpc) is 3.08. The maximum absolute atomic E-state index is 14.3. The van der Waals surface area contributed by atoms with E-state index in [0.717, 1.165) is 12.8 Å². The van der Waals surface area contributed by atoms with Crippen LogP contribution in [-0.2, 0) is 9.59 Å². The quantitative estimate of drug-likeness (QED) is 0.658. The third-order valence-electron chi connectivity index (χ3n) is 7.49. The van der Waals surface area contributed by atoms with Crippen LogP contribution in [0.15, 0.2) is 0 Å². The van der Waals surface area contributed by atoms with Crippen molar-refractivity contribution in [3.8, 4) is 0 Å². The molecule has 0 aromatic rings. The van der Waals surface area contributed by atoms with Gasteiger partial charge >= 0.3 is 0 Å². The average molecular weight is 416 g/mol. The Morgan fingerprint density at radius 1 is 1.10 bits per heavy atom. The molecular formula is C21H32F3N3O2. The van der Waals surface area contributed by atoms with Gasteiger partial charge in [-0.1, -0.05) is 6.42 Å². The highest BCUT2D eigenvalue weighted by Crippen LogP contribution is 2.43. The maximum atomic E-state index is 14.3. The molecule has 10 atom stereocenters. The minimum absolute atomic E-state index is 0.0101. The van der Waals surface area contributed by atoms with Crippen LogP contribution in [0.5, 0.6) is 0 Å². The molecule has 0 radical (unpaired) electrons. The number of ketones is 1. The Morgan fingerprint density at radius 3 is 2.59 bits per heavy atom. The van der Waals surface area contributed by atoms with Gasteiger partial charge in [0, 0.05) is 49.0 Å². The fraction of sp³-hybridized carbons (Fsp3) is 0.905. The van der Waals surface area contributed by atoms with Gasteiger partial charge in [0.15, 0.2) is 6.17 Å². The van der Waals surface area contributed by atoms with Gasteiger partial charge in [-0.3, -0.25) is 9.59 Å². The molecule has 2 aliphatic heterocycles. The highest BCUT2D eigenvalue weighted by atomic mass is 19.2. The Hall–Kier alpha value is -1.15. The first-order valence-corrected chi connectivity index (χ1v) is 11.0. The molecule has 4 fully saturated rings. The number of carbonyl (C=O) groups is 2. The Morgan fingerprint density at radius 2 is 1.86 bits per heavy atom. The smallest absolute Gasteiger partial charge is 0.224 e. The van der Waals surface area contributed by atoms with E-state index >= 15 is 0 Å². The number of hydrogen-bond acceptors (Lipinski definition) is 4. The molecule has 0 bridgehead atoms. The highest BCUT2D eigenvalue weighted by molar-refractivity contribution is 5.90. The molecule has 3 N–H and O–H groups in total. The first-order valence-electron chi connectivity index (χ1n) is 11.0. The molecule has 4 aliphatic rings. The van der Waals surface area contributed by atoms with Crippen molar-refractivity contribution < 1.29 is 22.8 Å². The normalized spacial score (nSPS) is 47.6. The number of Topliss-reactive ketones (excluding diaryl/α,β-unsaturated/α-hetero) is 1. The van der Waals surface area contributed by atoms with E-state index < -0.39 is 24.6 Å². The third kappa shape index (κ3) is 3.82. The van der Waals surface area contributed by atoms with Gasteiger partial charge in [0.05, 0.1) is 0 Å². The lowest BCUT2D eigenvalue weighted by molar-refractivity contribution is -0.140. The second-order valence-electron chi connectivity index (χ2n) is 9.68. The molecular weight excluding hydrogens is 383 g/mol. The lowest BCUT2D eigenvalue weighted by atomic mass is 9.66. The molecule has 10 unspecified atom stereocenters. The van der Waals surface area contributed by atoms with Crippen LogP contribution < -0.4 is 16.0 Å². The summed E-state index contributed by atoms with van der Waals surface area (Å²) in [6.45, 7) is 4.26. The SMILES string of the molecule is CC(C)NC(=O)C1CCCC2NC(C3CNC4C(F)C(F)C(F)CC34)CC(=O)C21. The largest absolute Gasteiger partial charge is 0.354 e. The summed E-state index contributed by atoms with van der Waals surface area (Å²) in [5.74, 6) is -1.09. The highest BCUT2D eigenvalue weighted by Gasteiger charge is 2.55. The van der Waals surface area contributed by atoms with Crippen molar-refractivity contribution >= 4 is 11.7 Å². The van der Waals surface area contributed by atoms with E-state index in [9.17, 15) is 22.8 Å². The van der Waals surface area contributed by atoms with Crippen LogP contribution in [0.3, 0.4) is 0 Å². The zero-order chi connectivity index (χ0) is 20.9. The number of hydrogen-bond donors (Lipinski definition) is 3. The molecule has 0 aromatic heterocycles. The fourth-order valence-corrected chi connectivity index (χ4v) is 6.22. The van der Waals surface area contributed by atoms with E-state index in [1.54, 1.807) is 0 Å². The van der Waals surface area contributed by atoms with E-state index in [4.69, 9.17) is 0 Å². The lowest BCUT2D eigenvalue weighted by Gasteiger charge is -2.46. The van der Waals surface area contributed by atoms with Gasteiger partial charge in [0.25, 0.3) is 0 Å². The van der Waals surface area contributed by atoms with E-state index in [0.29, 0.717) is 13.0 Å². The number of alkyl halides is 3. The second-order valence-corrected chi connectivity index (χ2v) is 9.68. The topological polar surface area (TPSA) is 70.2 Å². The van der Waals surface area contributed by atoms with Crippen LogP contribution in [0.1, 0.15) is 46.0 Å². The van der Waals surface area contributed by atoms with Crippen molar-refractivity contribution in [3.05, 3.63) is 0 Å². The number of halogens is 3. The van der Waals surface area contributed by atoms with Crippen molar-refractivity contribution in [2.45, 2.75) is 88.6 Å². The number of piperidine rings is 1. The summed E-state index contributed by atoms with van der Waals surface area (Å²) in [7, 11) is 0. The van der Waals surface area contributed by atoms with E-state index in [2.05, 4.69) is 16.0 Å². The summed E-state index contributed by atoms with van der Waals surface area (Å²) in [5, 5.41) is 9.54. The van der Waals surface area contributed by atoms with E-state index in [1.165, 1.54) is 0 Å². The Kier molecular flexibility index (Phi) is 5.95. The second kappa shape index (κ2) is 8.17. The van der Waals surface area contributed by atoms with Crippen LogP contribution >= 0.6 is 0 Å². The molecule has 5 nitrogen and oxygen atoms in total. The number of rotatable bonds is 3. The molecule has 2 saturated heterocycles. The molecule has 2 saturated carbocycles. The molecule has 164 valence electrons. The zero-order valence-corrected chi connectivity index (χ0v) is 17.0. The van der Waals surface area contributed by atoms with Gasteiger partial charge in [-0.25, -0.2) is 13.2 Å². The van der Waals surface area contributed by atoms with Crippen LogP contribution in [0.25, 0.3) is 0 Å². The van der Waals surface area contributed by atoms with Crippen LogP contribution in [0.2, 0.25) is 0 Å². The van der Waals surface area contributed by atoms with Crippen LogP contribution in [0.4, 0.5) is 13.2 Å². The molecule has 0 spiro atoms. The van der Waals surface area contributed by atoms with Crippen LogP contribution in [0, 0.1) is 23.7 Å². The Bertz CT molecular complexity index is 649. The number of nitrogens with one attached hydrogen (secondary N) is 3. The van der Waals surface area contributed by atoms with Gasteiger partial charge in [0.1, 0.15) is 18.1 Å². The van der Waals surface area contributed by atoms with Gasteiger partial charge < -0.3 is 16.0 Å².